The summed E-state index contributed by atoms with van der Waals surface area (Å²) in [5.74, 6) is 1.04. The second-order valence-electron chi connectivity index (χ2n) is 17.7. The minimum atomic E-state index is -4.45. The second kappa shape index (κ2) is 30.3. The van der Waals surface area contributed by atoms with E-state index in [0.29, 0.717) is 43.1 Å². The number of ether oxygens (including phenoxy) is 2. The van der Waals surface area contributed by atoms with Crippen LogP contribution in [0, 0.1) is 25.7 Å². The van der Waals surface area contributed by atoms with Gasteiger partial charge in [0.15, 0.2) is 11.9 Å². The van der Waals surface area contributed by atoms with Gasteiger partial charge in [-0.05, 0) is 81.9 Å². The van der Waals surface area contributed by atoms with Crippen LogP contribution in [0.1, 0.15) is 152 Å². The zero-order valence-electron chi connectivity index (χ0n) is 38.7. The molecule has 1 heterocycles. The van der Waals surface area contributed by atoms with Crippen molar-refractivity contribution in [2.75, 3.05) is 47.5 Å². The molecule has 1 aliphatic rings. The summed E-state index contributed by atoms with van der Waals surface area (Å²) in [5.41, 5.74) is 2.58. The molecule has 2 N–H and O–H groups in total. The topological polar surface area (TPSA) is 159 Å². The van der Waals surface area contributed by atoms with E-state index in [1.54, 1.807) is 12.2 Å². The van der Waals surface area contributed by atoms with Crippen molar-refractivity contribution in [1.29, 1.82) is 0 Å². The highest BCUT2D eigenvalue weighted by Gasteiger charge is 2.28. The Labute approximate surface area is 367 Å². The summed E-state index contributed by atoms with van der Waals surface area (Å²) >= 11 is 0. The number of unbranched alkanes of at least 4 members (excludes halogenated alkanes) is 10. The van der Waals surface area contributed by atoms with Crippen LogP contribution in [0.3, 0.4) is 0 Å². The van der Waals surface area contributed by atoms with Crippen molar-refractivity contribution >= 4 is 25.5 Å². The normalized spacial score (nSPS) is 17.7. The van der Waals surface area contributed by atoms with Crippen molar-refractivity contribution in [3.63, 3.8) is 0 Å². The van der Waals surface area contributed by atoms with Crippen molar-refractivity contribution in [2.45, 2.75) is 168 Å². The summed E-state index contributed by atoms with van der Waals surface area (Å²) in [6.45, 7) is 8.32. The molecular formula is C48H81NO11P+. The molecule has 12 nitrogen and oxygen atoms in total. The van der Waals surface area contributed by atoms with Gasteiger partial charge in [0.25, 0.3) is 0 Å². The average Bonchev–Trinajstić information content (AvgIpc) is 3.69. The number of likely N-dealkylation sites (N-methyl/N-ethyl adjacent to an activating group) is 1. The Morgan fingerprint density at radius 1 is 0.836 bits per heavy atom. The molecule has 0 saturated carbocycles. The van der Waals surface area contributed by atoms with Gasteiger partial charge in [-0.25, -0.2) is 4.57 Å². The number of carbonyl (C=O) groups excluding carboxylic acids is 3. The van der Waals surface area contributed by atoms with Crippen LogP contribution in [0.5, 0.6) is 0 Å². The standard InChI is InChI=1S/C48H80NO11P/c1-8-10-18-25-41(50)31-32-43-40(30-33-44(43)51)24-20-16-17-23-29-48(53)59-42(37-58-61(54,55)57-35-34-49(5,6)7)36-56-47(52)28-22-15-13-12-14-21-27-46-39(4)38(3)45(60-46)26-19-11-9-2/h16,20,30-33,40-43,50H,8-15,17-19,21-29,34-37H2,1-7H3/p+1/b20-16-,32-31+/t40-,41-,42+,43+/m0/s1. The van der Waals surface area contributed by atoms with Gasteiger partial charge in [-0.2, -0.15) is 0 Å². The lowest BCUT2D eigenvalue weighted by Gasteiger charge is -2.24. The van der Waals surface area contributed by atoms with Crippen molar-refractivity contribution < 1.29 is 56.4 Å². The highest BCUT2D eigenvalue weighted by atomic mass is 31.2. The molecule has 0 saturated heterocycles. The number of aliphatic hydroxyl groups is 1. The number of quaternary nitrogens is 1. The number of ketones is 1. The number of furan rings is 1. The second-order valence-corrected chi connectivity index (χ2v) is 19.1. The summed E-state index contributed by atoms with van der Waals surface area (Å²) in [5, 5.41) is 10.2. The predicted molar refractivity (Wildman–Crippen MR) is 241 cm³/mol. The third kappa shape index (κ3) is 24.5. The minimum Gasteiger partial charge on any atom is -0.466 e. The lowest BCUT2D eigenvalue weighted by atomic mass is 9.90. The molecule has 1 unspecified atom stereocenters. The van der Waals surface area contributed by atoms with Gasteiger partial charge >= 0.3 is 19.8 Å². The number of allylic oxidation sites excluding steroid dienone is 5. The molecule has 13 heteroatoms. The molecule has 1 aromatic heterocycles. The van der Waals surface area contributed by atoms with E-state index in [-0.39, 0.29) is 43.7 Å². The van der Waals surface area contributed by atoms with Gasteiger partial charge in [-0.3, -0.25) is 23.4 Å². The Morgan fingerprint density at radius 2 is 1.46 bits per heavy atom. The molecule has 0 aromatic carbocycles. The summed E-state index contributed by atoms with van der Waals surface area (Å²) in [6.07, 6.45) is 26.6. The van der Waals surface area contributed by atoms with Gasteiger partial charge in [0.1, 0.15) is 31.3 Å². The van der Waals surface area contributed by atoms with Crippen molar-refractivity contribution in [1.82, 2.24) is 0 Å². The molecule has 1 aliphatic carbocycles. The van der Waals surface area contributed by atoms with Crippen LogP contribution in [0.4, 0.5) is 0 Å². The fraction of sp³-hybridized carbons (Fsp3) is 0.729. The van der Waals surface area contributed by atoms with Crippen LogP contribution < -0.4 is 0 Å². The molecule has 0 amide bonds. The monoisotopic (exact) mass is 879 g/mol. The number of nitrogens with zero attached hydrogens (tertiary/aromatic N) is 1. The fourth-order valence-corrected chi connectivity index (χ4v) is 7.81. The first-order chi connectivity index (χ1) is 29.0. The highest BCUT2D eigenvalue weighted by molar-refractivity contribution is 7.47. The van der Waals surface area contributed by atoms with Crippen LogP contribution in [0.2, 0.25) is 0 Å². The van der Waals surface area contributed by atoms with Crippen LogP contribution in [0.15, 0.2) is 40.9 Å². The molecular weight excluding hydrogens is 797 g/mol. The van der Waals surface area contributed by atoms with E-state index in [9.17, 15) is 28.9 Å². The van der Waals surface area contributed by atoms with Crippen LogP contribution >= 0.6 is 7.82 Å². The summed E-state index contributed by atoms with van der Waals surface area (Å²) in [6, 6.07) is 0. The molecule has 5 atom stereocenters. The summed E-state index contributed by atoms with van der Waals surface area (Å²) in [4.78, 5) is 48.1. The fourth-order valence-electron chi connectivity index (χ4n) is 7.06. The van der Waals surface area contributed by atoms with Gasteiger partial charge in [0.2, 0.25) is 0 Å². The number of aliphatic hydroxyl groups excluding tert-OH is 1. The van der Waals surface area contributed by atoms with Crippen LogP contribution in [-0.4, -0.2) is 91.9 Å². The SMILES string of the molecule is CCCCCc1oc(CCCCCCCCC(=O)OC[C@H](COP(=O)(O)OCC[N+](C)(C)C)OC(=O)CCC/C=C\C[C@H]2C=CC(=O)[C@@H]2/C=C/[C@@H](O)CCCCC)c(C)c1C. The largest absolute Gasteiger partial charge is 0.472 e. The van der Waals surface area contributed by atoms with Gasteiger partial charge in [-0.1, -0.05) is 102 Å². The molecule has 0 spiro atoms. The Balaban J connectivity index is 1.76. The minimum absolute atomic E-state index is 0.0133. The first-order valence-corrected chi connectivity index (χ1v) is 24.6. The first-order valence-electron chi connectivity index (χ1n) is 23.1. The Bertz CT molecular complexity index is 1560. The van der Waals surface area contributed by atoms with Crippen LogP contribution in [0.25, 0.3) is 0 Å². The number of rotatable bonds is 35. The number of aryl methyl sites for hydroxylation is 2. The Kier molecular flexibility index (Phi) is 26.9. The predicted octanol–water partition coefficient (Wildman–Crippen LogP) is 10.2. The van der Waals surface area contributed by atoms with E-state index < -0.39 is 38.6 Å². The van der Waals surface area contributed by atoms with Gasteiger partial charge in [0, 0.05) is 31.6 Å². The van der Waals surface area contributed by atoms with Crippen molar-refractivity contribution in [3.8, 4) is 0 Å². The third-order valence-electron chi connectivity index (χ3n) is 11.1. The van der Waals surface area contributed by atoms with E-state index in [0.717, 1.165) is 82.1 Å². The van der Waals surface area contributed by atoms with Gasteiger partial charge in [-0.15, -0.1) is 0 Å². The molecule has 348 valence electrons. The van der Waals surface area contributed by atoms with Crippen molar-refractivity contribution in [3.05, 3.63) is 59.1 Å². The van der Waals surface area contributed by atoms with E-state index in [4.69, 9.17) is 22.9 Å². The van der Waals surface area contributed by atoms with Crippen LogP contribution in [-0.2, 0) is 50.3 Å². The molecule has 0 radical (unpaired) electrons. The first kappa shape index (κ1) is 54.3. The van der Waals surface area contributed by atoms with Gasteiger partial charge in [0.05, 0.1) is 33.9 Å². The van der Waals surface area contributed by atoms with E-state index in [1.807, 2.05) is 45.4 Å². The lowest BCUT2D eigenvalue weighted by Crippen LogP contribution is -2.37. The Morgan fingerprint density at radius 3 is 2.13 bits per heavy atom. The van der Waals surface area contributed by atoms with Gasteiger partial charge < -0.3 is 28.4 Å². The van der Waals surface area contributed by atoms with E-state index >= 15 is 0 Å². The zero-order valence-corrected chi connectivity index (χ0v) is 39.6. The van der Waals surface area contributed by atoms with Crippen molar-refractivity contribution in [2.24, 2.45) is 11.8 Å². The van der Waals surface area contributed by atoms with E-state index in [2.05, 4.69) is 27.7 Å². The maximum atomic E-state index is 12.8. The number of hydrogen-bond acceptors (Lipinski definition) is 10. The number of phosphoric ester groups is 1. The average molecular weight is 879 g/mol. The molecule has 1 aromatic rings. The number of esters is 2. The molecule has 2 rings (SSSR count). The van der Waals surface area contributed by atoms with E-state index in [1.165, 1.54) is 24.0 Å². The Hall–Kier alpha value is -2.86. The lowest BCUT2D eigenvalue weighted by molar-refractivity contribution is -0.870. The number of carbonyl (C=O) groups is 3. The maximum Gasteiger partial charge on any atom is 0.472 e. The molecule has 61 heavy (non-hydrogen) atoms. The zero-order chi connectivity index (χ0) is 45.1. The number of phosphoric acid groups is 1. The summed E-state index contributed by atoms with van der Waals surface area (Å²) < 4.78 is 40.6. The quantitative estimate of drug-likeness (QED) is 0.0220. The highest BCUT2D eigenvalue weighted by Crippen LogP contribution is 2.43. The molecule has 0 fully saturated rings. The smallest absolute Gasteiger partial charge is 0.466 e. The molecule has 0 bridgehead atoms. The number of hydrogen-bond donors (Lipinski definition) is 2. The maximum absolute atomic E-state index is 12.8. The third-order valence-corrected chi connectivity index (χ3v) is 12.1. The molecule has 0 aliphatic heterocycles. The summed E-state index contributed by atoms with van der Waals surface area (Å²) in [7, 11) is 1.32.